The number of aliphatic carboxylic acids is 1. The van der Waals surface area contributed by atoms with Crippen molar-refractivity contribution in [1.82, 2.24) is 0 Å². The number of rotatable bonds is 2. The topological polar surface area (TPSA) is 49.7 Å². The summed E-state index contributed by atoms with van der Waals surface area (Å²) in [6.45, 7) is 0. The molecule has 1 aliphatic heterocycles. The predicted octanol–water partition coefficient (Wildman–Crippen LogP) is 3.27. The zero-order chi connectivity index (χ0) is 11.0. The lowest BCUT2D eigenvalue weighted by molar-refractivity contribution is -0.137. The molecule has 0 unspecified atom stereocenters. The Labute approximate surface area is 96.3 Å². The molecule has 0 amide bonds. The van der Waals surface area contributed by atoms with Crippen LogP contribution in [0.3, 0.4) is 0 Å². The second-order valence-electron chi connectivity index (χ2n) is 3.31. The molecule has 0 fully saturated rings. The molecule has 0 aromatic heterocycles. The van der Waals surface area contributed by atoms with Crippen molar-refractivity contribution in [2.75, 3.05) is 0 Å². The van der Waals surface area contributed by atoms with E-state index in [2.05, 4.69) is 4.99 Å². The van der Waals surface area contributed by atoms with E-state index in [9.17, 15) is 4.79 Å². The van der Waals surface area contributed by atoms with Crippen LogP contribution in [0.2, 0.25) is 10.0 Å². The Kier molecular flexibility index (Phi) is 2.67. The van der Waals surface area contributed by atoms with Crippen molar-refractivity contribution in [1.29, 1.82) is 0 Å². The van der Waals surface area contributed by atoms with Crippen LogP contribution in [-0.2, 0) is 4.79 Å². The number of aliphatic imine (C=N–C) groups is 1. The number of carboxylic acid groups (broad SMARTS) is 1. The normalized spacial score (nSPS) is 17.9. The summed E-state index contributed by atoms with van der Waals surface area (Å²) in [5, 5.41) is 9.56. The third-order valence-corrected chi connectivity index (χ3v) is 2.98. The van der Waals surface area contributed by atoms with Gasteiger partial charge in [0.2, 0.25) is 0 Å². The van der Waals surface area contributed by atoms with Gasteiger partial charge in [-0.15, -0.1) is 0 Å². The number of benzene rings is 1. The lowest BCUT2D eigenvalue weighted by Crippen LogP contribution is -2.04. The van der Waals surface area contributed by atoms with Crippen LogP contribution >= 0.6 is 23.2 Å². The first-order chi connectivity index (χ1) is 7.08. The molecule has 1 N–H and O–H groups in total. The number of carbonyl (C=O) groups is 1. The summed E-state index contributed by atoms with van der Waals surface area (Å²) >= 11 is 11.7. The van der Waals surface area contributed by atoms with Gasteiger partial charge in [0.05, 0.1) is 22.2 Å². The number of halogens is 2. The van der Waals surface area contributed by atoms with Gasteiger partial charge in [-0.25, -0.2) is 0 Å². The Hall–Kier alpha value is -1.06. The predicted molar refractivity (Wildman–Crippen MR) is 59.6 cm³/mol. The molecule has 0 bridgehead atoms. The summed E-state index contributed by atoms with van der Waals surface area (Å²) in [7, 11) is 0. The molecule has 0 saturated heterocycles. The molecular formula is C10H7Cl2NO2. The van der Waals surface area contributed by atoms with Crippen molar-refractivity contribution in [2.24, 2.45) is 4.99 Å². The van der Waals surface area contributed by atoms with Crippen LogP contribution in [0.1, 0.15) is 17.9 Å². The number of nitrogens with zero attached hydrogens (tertiary/aromatic N) is 1. The van der Waals surface area contributed by atoms with Crippen LogP contribution in [0.5, 0.6) is 0 Å². The highest BCUT2D eigenvalue weighted by Gasteiger charge is 2.22. The van der Waals surface area contributed by atoms with Gasteiger partial charge >= 0.3 is 5.97 Å². The maximum atomic E-state index is 10.6. The standard InChI is InChI=1S/C10H7Cl2NO2/c11-7-2-6-5(1-10(14)15)4-13-9(6)3-8(7)12/h2-5H,1H2,(H,14,15)/t5-/m1/s1. The van der Waals surface area contributed by atoms with E-state index < -0.39 is 5.97 Å². The molecule has 1 heterocycles. The fraction of sp³-hybridized carbons (Fsp3) is 0.200. The van der Waals surface area contributed by atoms with Gasteiger partial charge in [-0.2, -0.15) is 0 Å². The monoisotopic (exact) mass is 243 g/mol. The van der Waals surface area contributed by atoms with Gasteiger partial charge < -0.3 is 5.11 Å². The van der Waals surface area contributed by atoms with E-state index in [1.54, 1.807) is 18.3 Å². The highest BCUT2D eigenvalue weighted by Crippen LogP contribution is 2.39. The minimum Gasteiger partial charge on any atom is -0.481 e. The first-order valence-corrected chi connectivity index (χ1v) is 5.08. The molecule has 1 atom stereocenters. The lowest BCUT2D eigenvalue weighted by atomic mass is 9.98. The molecule has 5 heteroatoms. The van der Waals surface area contributed by atoms with E-state index in [0.29, 0.717) is 15.7 Å². The molecule has 78 valence electrons. The van der Waals surface area contributed by atoms with Crippen LogP contribution in [-0.4, -0.2) is 17.3 Å². The molecule has 1 aromatic rings. The summed E-state index contributed by atoms with van der Waals surface area (Å²) in [6, 6.07) is 3.33. The first-order valence-electron chi connectivity index (χ1n) is 4.33. The zero-order valence-electron chi connectivity index (χ0n) is 7.58. The van der Waals surface area contributed by atoms with E-state index in [0.717, 1.165) is 5.56 Å². The zero-order valence-corrected chi connectivity index (χ0v) is 9.09. The van der Waals surface area contributed by atoms with E-state index in [-0.39, 0.29) is 12.3 Å². The number of fused-ring (bicyclic) bond motifs is 1. The molecule has 0 saturated carbocycles. The van der Waals surface area contributed by atoms with Gasteiger partial charge in [-0.05, 0) is 17.7 Å². The van der Waals surface area contributed by atoms with Gasteiger partial charge in [0.15, 0.2) is 0 Å². The Morgan fingerprint density at radius 2 is 2.07 bits per heavy atom. The summed E-state index contributed by atoms with van der Waals surface area (Å²) < 4.78 is 0. The Morgan fingerprint density at radius 3 is 2.73 bits per heavy atom. The molecular weight excluding hydrogens is 237 g/mol. The summed E-state index contributed by atoms with van der Waals surface area (Å²) in [4.78, 5) is 14.7. The molecule has 3 nitrogen and oxygen atoms in total. The van der Waals surface area contributed by atoms with Crippen molar-refractivity contribution in [3.05, 3.63) is 27.7 Å². The second kappa shape index (κ2) is 3.83. The van der Waals surface area contributed by atoms with Crippen LogP contribution in [0.15, 0.2) is 17.1 Å². The minimum absolute atomic E-state index is 0.0223. The summed E-state index contributed by atoms with van der Waals surface area (Å²) in [5.41, 5.74) is 1.53. The highest BCUT2D eigenvalue weighted by atomic mass is 35.5. The van der Waals surface area contributed by atoms with Gasteiger partial charge in [0.1, 0.15) is 0 Å². The Balaban J connectivity index is 2.38. The van der Waals surface area contributed by atoms with Gasteiger partial charge in [0, 0.05) is 12.1 Å². The maximum absolute atomic E-state index is 10.6. The van der Waals surface area contributed by atoms with Crippen molar-refractivity contribution in [2.45, 2.75) is 12.3 Å². The molecule has 1 aromatic carbocycles. The third kappa shape index (κ3) is 1.98. The molecule has 2 rings (SSSR count). The van der Waals surface area contributed by atoms with Gasteiger partial charge in [-0.3, -0.25) is 9.79 Å². The quantitative estimate of drug-likeness (QED) is 0.867. The molecule has 0 spiro atoms. The summed E-state index contributed by atoms with van der Waals surface area (Å²) in [5.74, 6) is -1.06. The smallest absolute Gasteiger partial charge is 0.304 e. The first kappa shape index (κ1) is 10.5. The average molecular weight is 244 g/mol. The van der Waals surface area contributed by atoms with E-state index in [1.807, 2.05) is 0 Å². The Bertz CT molecular complexity index is 457. The highest BCUT2D eigenvalue weighted by molar-refractivity contribution is 6.42. The molecule has 15 heavy (non-hydrogen) atoms. The third-order valence-electron chi connectivity index (χ3n) is 2.26. The van der Waals surface area contributed by atoms with Crippen LogP contribution in [0, 0.1) is 0 Å². The minimum atomic E-state index is -0.856. The van der Waals surface area contributed by atoms with Crippen molar-refractivity contribution in [3.8, 4) is 0 Å². The van der Waals surface area contributed by atoms with Crippen molar-refractivity contribution >= 4 is 41.1 Å². The number of hydrogen-bond acceptors (Lipinski definition) is 2. The largest absolute Gasteiger partial charge is 0.481 e. The molecule has 0 aliphatic carbocycles. The Morgan fingerprint density at radius 1 is 1.40 bits per heavy atom. The van der Waals surface area contributed by atoms with Crippen LogP contribution in [0.25, 0.3) is 0 Å². The van der Waals surface area contributed by atoms with E-state index in [1.165, 1.54) is 0 Å². The maximum Gasteiger partial charge on any atom is 0.304 e. The lowest BCUT2D eigenvalue weighted by Gasteiger charge is -2.07. The van der Waals surface area contributed by atoms with Crippen molar-refractivity contribution in [3.63, 3.8) is 0 Å². The number of carboxylic acids is 1. The van der Waals surface area contributed by atoms with Crippen LogP contribution < -0.4 is 0 Å². The van der Waals surface area contributed by atoms with Gasteiger partial charge in [0.25, 0.3) is 0 Å². The summed E-state index contributed by atoms with van der Waals surface area (Å²) in [6.07, 6.45) is 1.64. The fourth-order valence-corrected chi connectivity index (χ4v) is 1.89. The fourth-order valence-electron chi connectivity index (χ4n) is 1.56. The molecule has 1 aliphatic rings. The number of hydrogen-bond donors (Lipinski definition) is 1. The second-order valence-corrected chi connectivity index (χ2v) is 4.12. The average Bonchev–Trinajstić information content (AvgIpc) is 2.49. The van der Waals surface area contributed by atoms with Gasteiger partial charge in [-0.1, -0.05) is 23.2 Å². The SMILES string of the molecule is O=C(O)C[C@@H]1C=Nc2cc(Cl)c(Cl)cc21. The molecule has 0 radical (unpaired) electrons. The van der Waals surface area contributed by atoms with Crippen molar-refractivity contribution < 1.29 is 9.90 Å². The van der Waals surface area contributed by atoms with Crippen LogP contribution in [0.4, 0.5) is 5.69 Å². The van der Waals surface area contributed by atoms with E-state index >= 15 is 0 Å². The van der Waals surface area contributed by atoms with E-state index in [4.69, 9.17) is 28.3 Å².